The average Bonchev–Trinajstić information content (AvgIpc) is 2.32. The summed E-state index contributed by atoms with van der Waals surface area (Å²) in [5.41, 5.74) is 2.24. The summed E-state index contributed by atoms with van der Waals surface area (Å²) in [4.78, 5) is 26.7. The summed E-state index contributed by atoms with van der Waals surface area (Å²) < 4.78 is 0. The molecular formula is C13H18ClN3O2. The Morgan fingerprint density at radius 1 is 1.47 bits per heavy atom. The van der Waals surface area contributed by atoms with Gasteiger partial charge in [-0.15, -0.1) is 0 Å². The van der Waals surface area contributed by atoms with Gasteiger partial charge >= 0.3 is 0 Å². The maximum absolute atomic E-state index is 11.5. The first kappa shape index (κ1) is 15.5. The van der Waals surface area contributed by atoms with E-state index >= 15 is 0 Å². The number of aromatic nitrogens is 1. The molecule has 0 fully saturated rings. The minimum absolute atomic E-state index is 0. The second-order valence-electron chi connectivity index (χ2n) is 4.70. The van der Waals surface area contributed by atoms with Crippen LogP contribution in [0.2, 0.25) is 0 Å². The molecule has 0 saturated heterocycles. The Balaban J connectivity index is 0.00000180. The Morgan fingerprint density at radius 2 is 2.21 bits per heavy atom. The predicted molar refractivity (Wildman–Crippen MR) is 70.6 cm³/mol. The largest absolute Gasteiger partial charge is 1.00 e. The van der Waals surface area contributed by atoms with Crippen LogP contribution in [0.3, 0.4) is 0 Å². The number of rotatable bonds is 2. The van der Waals surface area contributed by atoms with Crippen LogP contribution >= 0.6 is 0 Å². The summed E-state index contributed by atoms with van der Waals surface area (Å²) in [7, 11) is 2.16. The van der Waals surface area contributed by atoms with Crippen LogP contribution in [0.5, 0.6) is 0 Å². The second kappa shape index (κ2) is 6.54. The number of nitrogens with one attached hydrogen (secondary N) is 3. The molecule has 104 valence electrons. The summed E-state index contributed by atoms with van der Waals surface area (Å²) in [6.07, 6.45) is 4.88. The number of hydrogen-bond donors (Lipinski definition) is 3. The van der Waals surface area contributed by atoms with Crippen LogP contribution in [0.15, 0.2) is 23.1 Å². The van der Waals surface area contributed by atoms with Crippen molar-refractivity contribution < 1.29 is 22.1 Å². The Kier molecular flexibility index (Phi) is 5.32. The Hall–Kier alpha value is -1.59. The lowest BCUT2D eigenvalue weighted by molar-refractivity contribution is -0.874. The minimum atomic E-state index is -0.270. The molecule has 6 heteroatoms. The van der Waals surface area contributed by atoms with Gasteiger partial charge in [-0.1, -0.05) is 0 Å². The van der Waals surface area contributed by atoms with E-state index in [-0.39, 0.29) is 23.9 Å². The number of anilines is 1. The van der Waals surface area contributed by atoms with E-state index in [2.05, 4.69) is 23.4 Å². The molecule has 0 radical (unpaired) electrons. The molecule has 0 saturated carbocycles. The molecule has 1 aliphatic rings. The lowest BCUT2D eigenvalue weighted by Crippen LogP contribution is -3.09. The van der Waals surface area contributed by atoms with Crippen LogP contribution in [0.4, 0.5) is 5.69 Å². The van der Waals surface area contributed by atoms with E-state index in [1.54, 1.807) is 12.3 Å². The zero-order valence-electron chi connectivity index (χ0n) is 11.0. The molecule has 0 spiro atoms. The van der Waals surface area contributed by atoms with Crippen molar-refractivity contribution in [2.45, 2.75) is 13.3 Å². The van der Waals surface area contributed by atoms with Crippen LogP contribution in [-0.2, 0) is 4.79 Å². The molecule has 2 heterocycles. The summed E-state index contributed by atoms with van der Waals surface area (Å²) in [5, 5.41) is 2.55. The molecule has 1 amide bonds. The molecule has 5 nitrogen and oxygen atoms in total. The van der Waals surface area contributed by atoms with Crippen molar-refractivity contribution in [2.24, 2.45) is 0 Å². The fourth-order valence-corrected chi connectivity index (χ4v) is 2.06. The number of likely N-dealkylation sites (N-methyl/N-ethyl adjacent to an activating group) is 1. The molecule has 3 N–H and O–H groups in total. The highest BCUT2D eigenvalue weighted by Gasteiger charge is 2.13. The monoisotopic (exact) mass is 283 g/mol. The summed E-state index contributed by atoms with van der Waals surface area (Å²) >= 11 is 0. The van der Waals surface area contributed by atoms with Gasteiger partial charge in [0.2, 0.25) is 5.91 Å². The van der Waals surface area contributed by atoms with Crippen LogP contribution in [0, 0.1) is 0 Å². The number of halogens is 1. The van der Waals surface area contributed by atoms with Crippen LogP contribution in [0.1, 0.15) is 18.9 Å². The summed E-state index contributed by atoms with van der Waals surface area (Å²) in [6.45, 7) is 3.47. The SMILES string of the molecule is CC(=O)Nc1cc(C2=CC[NH+](C)CC2)c[nH]c1=O.[Cl-]. The Morgan fingerprint density at radius 3 is 2.79 bits per heavy atom. The fourth-order valence-electron chi connectivity index (χ4n) is 2.06. The first-order valence-electron chi connectivity index (χ1n) is 6.07. The van der Waals surface area contributed by atoms with E-state index in [1.165, 1.54) is 17.4 Å². The number of amides is 1. The van der Waals surface area contributed by atoms with Crippen molar-refractivity contribution in [2.75, 3.05) is 25.5 Å². The third-order valence-electron chi connectivity index (χ3n) is 3.10. The summed E-state index contributed by atoms with van der Waals surface area (Å²) in [5.74, 6) is -0.237. The van der Waals surface area contributed by atoms with Crippen molar-refractivity contribution in [3.05, 3.63) is 34.3 Å². The maximum atomic E-state index is 11.5. The number of carbonyl (C=O) groups excluding carboxylic acids is 1. The number of hydrogen-bond acceptors (Lipinski definition) is 2. The lowest BCUT2D eigenvalue weighted by Gasteiger charge is -2.19. The summed E-state index contributed by atoms with van der Waals surface area (Å²) in [6, 6.07) is 1.74. The Labute approximate surface area is 118 Å². The second-order valence-corrected chi connectivity index (χ2v) is 4.70. The van der Waals surface area contributed by atoms with E-state index in [4.69, 9.17) is 0 Å². The molecule has 1 atom stereocenters. The molecule has 1 aromatic rings. The van der Waals surface area contributed by atoms with Crippen LogP contribution < -0.4 is 28.2 Å². The molecule has 19 heavy (non-hydrogen) atoms. The normalized spacial score (nSPS) is 18.2. The average molecular weight is 284 g/mol. The van der Waals surface area contributed by atoms with Gasteiger partial charge < -0.3 is 27.6 Å². The smallest absolute Gasteiger partial charge is 0.271 e. The van der Waals surface area contributed by atoms with E-state index in [0.717, 1.165) is 25.1 Å². The van der Waals surface area contributed by atoms with Gasteiger partial charge in [0.1, 0.15) is 5.69 Å². The number of carbonyl (C=O) groups is 1. The van der Waals surface area contributed by atoms with Crippen molar-refractivity contribution in [3.8, 4) is 0 Å². The molecule has 0 aliphatic carbocycles. The van der Waals surface area contributed by atoms with Gasteiger partial charge in [-0.2, -0.15) is 0 Å². The zero-order chi connectivity index (χ0) is 13.1. The molecule has 1 aliphatic heterocycles. The molecule has 2 rings (SSSR count). The van der Waals surface area contributed by atoms with Gasteiger partial charge in [0, 0.05) is 19.5 Å². The van der Waals surface area contributed by atoms with Crippen LogP contribution in [-0.4, -0.2) is 31.0 Å². The highest BCUT2D eigenvalue weighted by molar-refractivity contribution is 5.89. The number of pyridine rings is 1. The van der Waals surface area contributed by atoms with Crippen molar-refractivity contribution >= 4 is 17.2 Å². The van der Waals surface area contributed by atoms with Gasteiger partial charge in [-0.25, -0.2) is 0 Å². The van der Waals surface area contributed by atoms with E-state index in [9.17, 15) is 9.59 Å². The molecule has 1 aromatic heterocycles. The molecule has 0 aromatic carbocycles. The topological polar surface area (TPSA) is 66.4 Å². The first-order chi connectivity index (χ1) is 8.56. The lowest BCUT2D eigenvalue weighted by atomic mass is 10.0. The zero-order valence-corrected chi connectivity index (χ0v) is 11.8. The quantitative estimate of drug-likeness (QED) is 0.531. The van der Waals surface area contributed by atoms with Crippen molar-refractivity contribution in [3.63, 3.8) is 0 Å². The number of aromatic amines is 1. The number of H-pyrrole nitrogens is 1. The third-order valence-corrected chi connectivity index (χ3v) is 3.10. The molecular weight excluding hydrogens is 266 g/mol. The highest BCUT2D eigenvalue weighted by Crippen LogP contribution is 2.18. The first-order valence-corrected chi connectivity index (χ1v) is 6.07. The number of quaternary nitrogens is 1. The van der Waals surface area contributed by atoms with Gasteiger partial charge in [0.25, 0.3) is 5.56 Å². The Bertz CT molecular complexity index is 551. The minimum Gasteiger partial charge on any atom is -1.00 e. The van der Waals surface area contributed by atoms with E-state index in [0.29, 0.717) is 5.69 Å². The van der Waals surface area contributed by atoms with Gasteiger partial charge in [0.05, 0.1) is 20.1 Å². The highest BCUT2D eigenvalue weighted by atomic mass is 35.5. The fraction of sp³-hybridized carbons (Fsp3) is 0.385. The maximum Gasteiger partial charge on any atom is 0.271 e. The van der Waals surface area contributed by atoms with Gasteiger partial charge in [-0.05, 0) is 23.3 Å². The van der Waals surface area contributed by atoms with Crippen molar-refractivity contribution in [1.29, 1.82) is 0 Å². The van der Waals surface area contributed by atoms with Crippen LogP contribution in [0.25, 0.3) is 5.57 Å². The molecule has 1 unspecified atom stereocenters. The van der Waals surface area contributed by atoms with E-state index < -0.39 is 0 Å². The van der Waals surface area contributed by atoms with Crippen molar-refractivity contribution in [1.82, 2.24) is 4.98 Å². The predicted octanol–water partition coefficient (Wildman–Crippen LogP) is -3.36. The van der Waals surface area contributed by atoms with Gasteiger partial charge in [0.15, 0.2) is 0 Å². The molecule has 0 bridgehead atoms. The third kappa shape index (κ3) is 3.94. The standard InChI is InChI=1S/C13H17N3O2.ClH/c1-9(17)15-12-7-11(8-14-13(12)18)10-3-5-16(2)6-4-10;/h3,7-8H,4-6H2,1-2H3,(H,14,18)(H,15,17);1H. The van der Waals surface area contributed by atoms with Gasteiger partial charge in [-0.3, -0.25) is 9.59 Å². The van der Waals surface area contributed by atoms with E-state index in [1.807, 2.05) is 0 Å².